The van der Waals surface area contributed by atoms with E-state index in [4.69, 9.17) is 10.00 Å². The number of ether oxygens (including phenoxy) is 1. The topological polar surface area (TPSA) is 67.9 Å². The molecule has 0 N–H and O–H groups in total. The van der Waals surface area contributed by atoms with Gasteiger partial charge < -0.3 is 4.74 Å². The minimum atomic E-state index is -0.0877. The molecule has 24 heavy (non-hydrogen) atoms. The summed E-state index contributed by atoms with van der Waals surface area (Å²) < 4.78 is 7.51. The number of hydrogen-bond donors (Lipinski definition) is 0. The van der Waals surface area contributed by atoms with Crippen molar-refractivity contribution in [1.82, 2.24) is 9.55 Å². The first-order valence-electron chi connectivity index (χ1n) is 7.35. The van der Waals surface area contributed by atoms with Crippen molar-refractivity contribution in [1.29, 1.82) is 5.26 Å². The molecular weight excluding hydrogens is 322 g/mol. The third kappa shape index (κ3) is 3.07. The Morgan fingerprint density at radius 2 is 2.08 bits per heavy atom. The van der Waals surface area contributed by atoms with Crippen LogP contribution >= 0.6 is 11.3 Å². The zero-order chi connectivity index (χ0) is 17.1. The van der Waals surface area contributed by atoms with Crippen LogP contribution in [0.25, 0.3) is 5.13 Å². The Balaban J connectivity index is 1.76. The molecule has 6 heteroatoms. The molecule has 0 saturated heterocycles. The van der Waals surface area contributed by atoms with Crippen molar-refractivity contribution in [3.05, 3.63) is 64.4 Å². The molecule has 0 spiro atoms. The number of carbonyl (C=O) groups excluding carboxylic acids is 1. The molecule has 2 aromatic heterocycles. The molecule has 0 aliphatic rings. The van der Waals surface area contributed by atoms with Gasteiger partial charge in [-0.05, 0) is 44.2 Å². The van der Waals surface area contributed by atoms with E-state index >= 15 is 0 Å². The summed E-state index contributed by atoms with van der Waals surface area (Å²) in [5.74, 6) is 0.478. The number of nitriles is 1. The van der Waals surface area contributed by atoms with E-state index in [2.05, 4.69) is 4.98 Å². The molecule has 0 amide bonds. The first-order valence-corrected chi connectivity index (χ1v) is 8.23. The number of aryl methyl sites for hydroxylation is 1. The number of aromatic nitrogens is 2. The number of benzene rings is 1. The highest BCUT2D eigenvalue weighted by Gasteiger charge is 2.18. The van der Waals surface area contributed by atoms with E-state index in [0.717, 1.165) is 16.5 Å². The fourth-order valence-electron chi connectivity index (χ4n) is 2.52. The molecule has 0 fully saturated rings. The molecule has 120 valence electrons. The fraction of sp³-hybridized carbons (Fsp3) is 0.167. The van der Waals surface area contributed by atoms with Crippen molar-refractivity contribution >= 4 is 17.1 Å². The Morgan fingerprint density at radius 3 is 2.71 bits per heavy atom. The predicted octanol–water partition coefficient (Wildman–Crippen LogP) is 3.68. The summed E-state index contributed by atoms with van der Waals surface area (Å²) >= 11 is 1.53. The molecule has 5 nitrogen and oxygen atoms in total. The van der Waals surface area contributed by atoms with Gasteiger partial charge in [0.25, 0.3) is 0 Å². The van der Waals surface area contributed by atoms with E-state index < -0.39 is 0 Å². The molecule has 0 unspecified atom stereocenters. The van der Waals surface area contributed by atoms with Crippen molar-refractivity contribution in [2.45, 2.75) is 13.8 Å². The van der Waals surface area contributed by atoms with Crippen LogP contribution < -0.4 is 4.74 Å². The highest BCUT2D eigenvalue weighted by atomic mass is 32.1. The molecule has 3 aromatic rings. The first-order chi connectivity index (χ1) is 11.6. The lowest BCUT2D eigenvalue weighted by molar-refractivity contribution is 0.0921. The average molecular weight is 337 g/mol. The Morgan fingerprint density at radius 1 is 1.33 bits per heavy atom. The maximum Gasteiger partial charge on any atom is 0.202 e. The van der Waals surface area contributed by atoms with Crippen LogP contribution in [0.5, 0.6) is 5.75 Å². The lowest BCUT2D eigenvalue weighted by Gasteiger charge is -2.07. The molecule has 3 rings (SSSR count). The quantitative estimate of drug-likeness (QED) is 0.666. The molecular formula is C18H15N3O2S. The maximum atomic E-state index is 12.5. The van der Waals surface area contributed by atoms with Crippen molar-refractivity contribution in [2.75, 3.05) is 6.61 Å². The standard InChI is InChI=1S/C18H15N3O2S/c1-12-9-16(13(2)21(12)18-20-7-8-24-18)17(22)11-23-15-5-3-14(10-19)4-6-15/h3-9H,11H2,1-2H3. The summed E-state index contributed by atoms with van der Waals surface area (Å²) in [5.41, 5.74) is 3.01. The Bertz CT molecular complexity index is 903. The van der Waals surface area contributed by atoms with Crippen LogP contribution in [0.2, 0.25) is 0 Å². The Hall–Kier alpha value is -2.91. The van der Waals surface area contributed by atoms with Crippen LogP contribution in [0.4, 0.5) is 0 Å². The number of hydrogen-bond acceptors (Lipinski definition) is 5. The molecule has 0 aliphatic heterocycles. The van der Waals surface area contributed by atoms with E-state index in [-0.39, 0.29) is 12.4 Å². The second-order valence-corrected chi connectivity index (χ2v) is 6.16. The predicted molar refractivity (Wildman–Crippen MR) is 91.9 cm³/mol. The number of thiazole rings is 1. The van der Waals surface area contributed by atoms with Crippen molar-refractivity contribution in [3.8, 4) is 17.0 Å². The van der Waals surface area contributed by atoms with Crippen LogP contribution in [0, 0.1) is 25.2 Å². The van der Waals surface area contributed by atoms with E-state index in [1.807, 2.05) is 35.9 Å². The van der Waals surface area contributed by atoms with Gasteiger partial charge in [0, 0.05) is 28.5 Å². The molecule has 0 radical (unpaired) electrons. The summed E-state index contributed by atoms with van der Waals surface area (Å²) in [6.45, 7) is 3.81. The van der Waals surface area contributed by atoms with Crippen molar-refractivity contribution in [2.24, 2.45) is 0 Å². The van der Waals surface area contributed by atoms with Gasteiger partial charge in [-0.3, -0.25) is 9.36 Å². The summed E-state index contributed by atoms with van der Waals surface area (Å²) in [4.78, 5) is 16.8. The van der Waals surface area contributed by atoms with Crippen LogP contribution in [0.15, 0.2) is 41.9 Å². The van der Waals surface area contributed by atoms with Gasteiger partial charge in [0.1, 0.15) is 5.75 Å². The summed E-state index contributed by atoms with van der Waals surface area (Å²) in [6.07, 6.45) is 1.74. The van der Waals surface area contributed by atoms with Crippen LogP contribution in [-0.4, -0.2) is 21.9 Å². The molecule has 0 bridgehead atoms. The maximum absolute atomic E-state index is 12.5. The van der Waals surface area contributed by atoms with Crippen LogP contribution in [-0.2, 0) is 0 Å². The van der Waals surface area contributed by atoms with Crippen LogP contribution in [0.3, 0.4) is 0 Å². The highest BCUT2D eigenvalue weighted by Crippen LogP contribution is 2.23. The smallest absolute Gasteiger partial charge is 0.202 e. The van der Waals surface area contributed by atoms with Gasteiger partial charge in [0.15, 0.2) is 11.7 Å². The first kappa shape index (κ1) is 16.0. The van der Waals surface area contributed by atoms with Gasteiger partial charge in [-0.25, -0.2) is 4.98 Å². The third-order valence-corrected chi connectivity index (χ3v) is 4.45. The van der Waals surface area contributed by atoms with Gasteiger partial charge in [-0.2, -0.15) is 5.26 Å². The zero-order valence-corrected chi connectivity index (χ0v) is 14.1. The van der Waals surface area contributed by atoms with Gasteiger partial charge in [-0.15, -0.1) is 11.3 Å². The summed E-state index contributed by atoms with van der Waals surface area (Å²) in [6, 6.07) is 10.6. The van der Waals surface area contributed by atoms with E-state index in [9.17, 15) is 4.79 Å². The lowest BCUT2D eigenvalue weighted by Crippen LogP contribution is -2.12. The molecule has 0 saturated carbocycles. The SMILES string of the molecule is Cc1cc(C(=O)COc2ccc(C#N)cc2)c(C)n1-c1nccs1. The van der Waals surface area contributed by atoms with E-state index in [0.29, 0.717) is 16.9 Å². The van der Waals surface area contributed by atoms with Crippen molar-refractivity contribution in [3.63, 3.8) is 0 Å². The minimum Gasteiger partial charge on any atom is -0.485 e. The highest BCUT2D eigenvalue weighted by molar-refractivity contribution is 7.12. The lowest BCUT2D eigenvalue weighted by atomic mass is 10.1. The zero-order valence-electron chi connectivity index (χ0n) is 13.3. The Labute approximate surface area is 143 Å². The number of carbonyl (C=O) groups is 1. The van der Waals surface area contributed by atoms with Gasteiger partial charge >= 0.3 is 0 Å². The monoisotopic (exact) mass is 337 g/mol. The second kappa shape index (κ2) is 6.69. The molecule has 2 heterocycles. The number of ketones is 1. The normalized spacial score (nSPS) is 10.4. The fourth-order valence-corrected chi connectivity index (χ4v) is 3.27. The summed E-state index contributed by atoms with van der Waals surface area (Å²) in [5, 5.41) is 11.5. The Kier molecular flexibility index (Phi) is 4.45. The molecule has 0 atom stereocenters. The third-order valence-electron chi connectivity index (χ3n) is 3.70. The second-order valence-electron chi connectivity index (χ2n) is 5.28. The van der Waals surface area contributed by atoms with E-state index in [1.54, 1.807) is 30.5 Å². The average Bonchev–Trinajstić information content (AvgIpc) is 3.21. The summed E-state index contributed by atoms with van der Waals surface area (Å²) in [7, 11) is 0. The minimum absolute atomic E-state index is 0.0476. The van der Waals surface area contributed by atoms with Gasteiger partial charge in [-0.1, -0.05) is 0 Å². The molecule has 0 aliphatic carbocycles. The largest absolute Gasteiger partial charge is 0.485 e. The number of nitrogens with zero attached hydrogens (tertiary/aromatic N) is 3. The van der Waals surface area contributed by atoms with Crippen molar-refractivity contribution < 1.29 is 9.53 Å². The number of rotatable bonds is 5. The van der Waals surface area contributed by atoms with Gasteiger partial charge in [0.2, 0.25) is 5.78 Å². The molecule has 1 aromatic carbocycles. The number of Topliss-reactive ketones (excluding diaryl/α,β-unsaturated/α-hetero) is 1. The van der Waals surface area contributed by atoms with Gasteiger partial charge in [0.05, 0.1) is 11.6 Å². The van der Waals surface area contributed by atoms with Crippen LogP contribution in [0.1, 0.15) is 27.3 Å². The van der Waals surface area contributed by atoms with E-state index in [1.165, 1.54) is 11.3 Å².